The number of rotatable bonds is 5. The smallest absolute Gasteiger partial charge is 0.297 e. The number of benzene rings is 2. The Balaban J connectivity index is 1.90. The lowest BCUT2D eigenvalue weighted by Crippen LogP contribution is -2.40. The van der Waals surface area contributed by atoms with Crippen LogP contribution in [0.3, 0.4) is 0 Å². The van der Waals surface area contributed by atoms with E-state index in [2.05, 4.69) is 0 Å². The molecule has 9 heteroatoms. The number of allylic oxidation sites excluding steroid dienone is 2. The van der Waals surface area contributed by atoms with Gasteiger partial charge in [-0.2, -0.15) is 0 Å². The number of hydrogen-bond acceptors (Lipinski definition) is 5. The summed E-state index contributed by atoms with van der Waals surface area (Å²) in [6.07, 6.45) is 1.31. The van der Waals surface area contributed by atoms with Gasteiger partial charge in [-0.05, 0) is 43.5 Å². The predicted molar refractivity (Wildman–Crippen MR) is 121 cm³/mol. The summed E-state index contributed by atoms with van der Waals surface area (Å²) < 4.78 is 5.39. The topological polar surface area (TPSA) is 89.8 Å². The van der Waals surface area contributed by atoms with Crippen LogP contribution in [0.2, 0.25) is 10.0 Å². The summed E-state index contributed by atoms with van der Waals surface area (Å²) >= 11 is 12.6. The van der Waals surface area contributed by atoms with Crippen LogP contribution in [0.4, 0.5) is 11.4 Å². The third-order valence-corrected chi connectivity index (χ3v) is 6.56. The minimum absolute atomic E-state index is 0.0466. The largest absolute Gasteiger partial charge is 0.494 e. The molecule has 0 spiro atoms. The van der Waals surface area contributed by atoms with E-state index in [0.717, 1.165) is 0 Å². The number of amides is 1. The molecule has 2 aromatic carbocycles. The summed E-state index contributed by atoms with van der Waals surface area (Å²) in [5.74, 6) is -0.635. The molecule has 166 valence electrons. The van der Waals surface area contributed by atoms with E-state index in [9.17, 15) is 19.7 Å². The SMILES string of the molecule is CCOc1ccc(N2C(=O)CC(c3cccc(Cl)c3Cl)C3=C2CCCC3=O)c([N+](=O)[O-])c1. The zero-order chi connectivity index (χ0) is 23.0. The Morgan fingerprint density at radius 3 is 2.69 bits per heavy atom. The normalized spacial score (nSPS) is 18.6. The summed E-state index contributed by atoms with van der Waals surface area (Å²) in [5, 5.41) is 12.5. The van der Waals surface area contributed by atoms with Crippen LogP contribution >= 0.6 is 23.2 Å². The maximum Gasteiger partial charge on any atom is 0.297 e. The monoisotopic (exact) mass is 474 g/mol. The summed E-state index contributed by atoms with van der Waals surface area (Å²) in [5.41, 5.74) is 1.44. The summed E-state index contributed by atoms with van der Waals surface area (Å²) in [7, 11) is 0. The molecule has 1 atom stereocenters. The molecule has 2 aliphatic rings. The summed E-state index contributed by atoms with van der Waals surface area (Å²) in [6.45, 7) is 2.13. The van der Waals surface area contributed by atoms with Crippen molar-refractivity contribution in [3.8, 4) is 5.75 Å². The molecule has 0 bridgehead atoms. The number of halogens is 2. The van der Waals surface area contributed by atoms with E-state index in [1.807, 2.05) is 0 Å². The molecule has 2 aromatic rings. The molecule has 1 heterocycles. The van der Waals surface area contributed by atoms with Crippen LogP contribution in [0.5, 0.6) is 5.75 Å². The first kappa shape index (κ1) is 22.3. The maximum atomic E-state index is 13.4. The van der Waals surface area contributed by atoms with E-state index in [-0.39, 0.29) is 29.5 Å². The molecule has 1 aliphatic heterocycles. The fraction of sp³-hybridized carbons (Fsp3) is 0.304. The van der Waals surface area contributed by atoms with Crippen LogP contribution in [0.25, 0.3) is 0 Å². The van der Waals surface area contributed by atoms with Gasteiger partial charge in [0.05, 0.1) is 27.6 Å². The lowest BCUT2D eigenvalue weighted by atomic mass is 9.77. The summed E-state index contributed by atoms with van der Waals surface area (Å²) in [4.78, 5) is 39.0. The molecule has 0 saturated heterocycles. The molecule has 0 fully saturated rings. The number of nitro groups is 1. The minimum atomic E-state index is -0.547. The van der Waals surface area contributed by atoms with Gasteiger partial charge in [0, 0.05) is 30.0 Å². The van der Waals surface area contributed by atoms with E-state index in [4.69, 9.17) is 27.9 Å². The average Bonchev–Trinajstić information content (AvgIpc) is 2.76. The Morgan fingerprint density at radius 1 is 1.19 bits per heavy atom. The maximum absolute atomic E-state index is 13.4. The van der Waals surface area contributed by atoms with Gasteiger partial charge < -0.3 is 4.74 Å². The molecular weight excluding hydrogens is 455 g/mol. The second-order valence-electron chi connectivity index (χ2n) is 7.61. The van der Waals surface area contributed by atoms with Crippen molar-refractivity contribution >= 4 is 46.3 Å². The molecule has 0 N–H and O–H groups in total. The average molecular weight is 475 g/mol. The molecule has 4 rings (SSSR count). The first-order valence-corrected chi connectivity index (χ1v) is 11.0. The molecular formula is C23H20Cl2N2O5. The number of ether oxygens (including phenoxy) is 1. The number of nitro benzene ring substituents is 1. The molecule has 1 unspecified atom stereocenters. The second-order valence-corrected chi connectivity index (χ2v) is 8.39. The molecule has 1 amide bonds. The number of Topliss-reactive ketones (excluding diaryl/α,β-unsaturated/α-hetero) is 1. The molecule has 7 nitrogen and oxygen atoms in total. The lowest BCUT2D eigenvalue weighted by molar-refractivity contribution is -0.384. The van der Waals surface area contributed by atoms with Crippen LogP contribution < -0.4 is 9.64 Å². The Bertz CT molecular complexity index is 1160. The Labute approximate surface area is 194 Å². The van der Waals surface area contributed by atoms with Gasteiger partial charge in [0.2, 0.25) is 5.91 Å². The van der Waals surface area contributed by atoms with Crippen LogP contribution in [0.1, 0.15) is 44.1 Å². The summed E-state index contributed by atoms with van der Waals surface area (Å²) in [6, 6.07) is 9.52. The molecule has 32 heavy (non-hydrogen) atoms. The molecule has 1 aliphatic carbocycles. The van der Waals surface area contributed by atoms with Crippen molar-refractivity contribution in [3.63, 3.8) is 0 Å². The van der Waals surface area contributed by atoms with Gasteiger partial charge in [-0.15, -0.1) is 0 Å². The van der Waals surface area contributed by atoms with E-state index in [0.29, 0.717) is 58.5 Å². The minimum Gasteiger partial charge on any atom is -0.494 e. The number of hydrogen-bond donors (Lipinski definition) is 0. The first-order valence-electron chi connectivity index (χ1n) is 10.3. The third kappa shape index (κ3) is 3.87. The number of ketones is 1. The zero-order valence-electron chi connectivity index (χ0n) is 17.3. The Morgan fingerprint density at radius 2 is 1.97 bits per heavy atom. The second kappa shape index (κ2) is 8.92. The van der Waals surface area contributed by atoms with Gasteiger partial charge in [-0.25, -0.2) is 0 Å². The van der Waals surface area contributed by atoms with Gasteiger partial charge in [0.25, 0.3) is 5.69 Å². The highest BCUT2D eigenvalue weighted by atomic mass is 35.5. The van der Waals surface area contributed by atoms with Gasteiger partial charge in [-0.3, -0.25) is 24.6 Å². The van der Waals surface area contributed by atoms with Gasteiger partial charge >= 0.3 is 0 Å². The van der Waals surface area contributed by atoms with Crippen molar-refractivity contribution in [2.24, 2.45) is 0 Å². The quantitative estimate of drug-likeness (QED) is 0.401. The number of anilines is 1. The highest BCUT2D eigenvalue weighted by Gasteiger charge is 2.42. The number of carbonyl (C=O) groups excluding carboxylic acids is 2. The van der Waals surface area contributed by atoms with Gasteiger partial charge in [0.1, 0.15) is 11.4 Å². The fourth-order valence-corrected chi connectivity index (χ4v) is 4.86. The van der Waals surface area contributed by atoms with Crippen molar-refractivity contribution in [1.29, 1.82) is 0 Å². The first-order chi connectivity index (χ1) is 15.3. The molecule has 0 aromatic heterocycles. The number of nitrogens with zero attached hydrogens (tertiary/aromatic N) is 2. The Kier molecular flexibility index (Phi) is 6.22. The van der Waals surface area contributed by atoms with Crippen LogP contribution in [-0.2, 0) is 9.59 Å². The van der Waals surface area contributed by atoms with Crippen molar-refractivity contribution in [2.75, 3.05) is 11.5 Å². The lowest BCUT2D eigenvalue weighted by Gasteiger charge is -2.38. The predicted octanol–water partition coefficient (Wildman–Crippen LogP) is 5.83. The molecule has 0 radical (unpaired) electrons. The third-order valence-electron chi connectivity index (χ3n) is 5.73. The van der Waals surface area contributed by atoms with Crippen LogP contribution in [-0.4, -0.2) is 23.2 Å². The van der Waals surface area contributed by atoms with Crippen molar-refractivity contribution in [2.45, 2.75) is 38.5 Å². The fourth-order valence-electron chi connectivity index (χ4n) is 4.42. The van der Waals surface area contributed by atoms with Crippen molar-refractivity contribution in [3.05, 3.63) is 73.4 Å². The van der Waals surface area contributed by atoms with E-state index < -0.39 is 10.8 Å². The zero-order valence-corrected chi connectivity index (χ0v) is 18.8. The van der Waals surface area contributed by atoms with Crippen molar-refractivity contribution in [1.82, 2.24) is 0 Å². The number of carbonyl (C=O) groups is 2. The molecule has 0 saturated carbocycles. The van der Waals surface area contributed by atoms with Crippen LogP contribution in [0.15, 0.2) is 47.7 Å². The van der Waals surface area contributed by atoms with Gasteiger partial charge in [0.15, 0.2) is 5.78 Å². The van der Waals surface area contributed by atoms with E-state index >= 15 is 0 Å². The standard InChI is InChI=1S/C23H20Cl2N2O5/c1-2-32-13-9-10-17(19(11-13)27(30)31)26-18-7-4-8-20(28)22(18)15(12-21(26)29)14-5-3-6-16(24)23(14)25/h3,5-6,9-11,15H,2,4,7-8,12H2,1H3. The Hall–Kier alpha value is -2.90. The van der Waals surface area contributed by atoms with Crippen molar-refractivity contribution < 1.29 is 19.2 Å². The van der Waals surface area contributed by atoms with Crippen LogP contribution in [0, 0.1) is 10.1 Å². The van der Waals surface area contributed by atoms with E-state index in [1.165, 1.54) is 17.0 Å². The van der Waals surface area contributed by atoms with E-state index in [1.54, 1.807) is 31.2 Å². The highest BCUT2D eigenvalue weighted by molar-refractivity contribution is 6.42. The highest BCUT2D eigenvalue weighted by Crippen LogP contribution is 2.47. The van der Waals surface area contributed by atoms with Gasteiger partial charge in [-0.1, -0.05) is 35.3 Å².